The van der Waals surface area contributed by atoms with E-state index in [0.717, 1.165) is 51.2 Å². The molecule has 4 saturated carbocycles. The van der Waals surface area contributed by atoms with Gasteiger partial charge in [0.1, 0.15) is 36.8 Å². The number of aryl methyl sites for hydroxylation is 1. The van der Waals surface area contributed by atoms with Crippen LogP contribution >= 0.6 is 23.1 Å². The molecule has 40 heteroatoms. The van der Waals surface area contributed by atoms with Crippen LogP contribution in [0.2, 0.25) is 0 Å². The number of aromatic nitrogens is 4. The Labute approximate surface area is 732 Å². The predicted octanol–water partition coefficient (Wildman–Crippen LogP) is 6.55. The van der Waals surface area contributed by atoms with E-state index >= 15 is 0 Å². The molecule has 7 aliphatic rings. The first-order valence-corrected chi connectivity index (χ1v) is 46.8. The van der Waals surface area contributed by atoms with Crippen LogP contribution in [0.3, 0.4) is 0 Å². The van der Waals surface area contributed by atoms with Crippen molar-refractivity contribution in [3.63, 3.8) is 0 Å². The third-order valence-corrected chi connectivity index (χ3v) is 26.4. The van der Waals surface area contributed by atoms with Crippen molar-refractivity contribution < 1.29 is 123 Å². The molecule has 4 bridgehead atoms. The lowest BCUT2D eigenvalue weighted by Crippen LogP contribution is -2.64. The number of anilines is 2. The first-order chi connectivity index (χ1) is 58.9. The standard InChI is InChI=1S/C82H104N10O24S3.C2H6S.CO2/c1-8-66(95)85-61-32-53(38-113-27-29-119(110,111)112)91(74(61)101)35-54(93)33-57(46(2)3)73(100)84-47(4)62(94)31-49-16-17-52(51(30-49)18-20-63-68(96)69(97)70(98)71(116-63)76(104)105)37-114-78(106)89(25-28-118(107,108)109)24-26-115-82-42-79(6)39-80(7,43-82)41-81(40-79,44-82)45-92-48(5)58(34-83-92)55-19-21-65(87-67(55)75(102)103)90-23-22-50-12-11-13-56(59(50)36-90)72(99)88-77-86-60-14-9-10-15-64(60)117-77;1-3-2;2-1-3/h9-17,19,21,30,34,46-47,53,57,61,63,68-71,96-98H,8,18,20,22-29,31-33,35-45H2,1-7H3,(H,84,100)(H,85,95)(H,102,103)(H,104,105)(H,86,88,99)(H,107,108,109)(H,110,111,112);1-2H3;/t47-,53-,57-,61-,63-,68-,69+,70-,71-,79?,80?,81?,82?;;/m0../s1. The van der Waals surface area contributed by atoms with Gasteiger partial charge < -0.3 is 69.8 Å². The number of aliphatic hydroxyl groups is 3. The Morgan fingerprint density at radius 3 is 2.18 bits per heavy atom. The molecule has 10 N–H and O–H groups in total. The minimum absolute atomic E-state index is 0.0245. The normalized spacial score (nSPS) is 24.2. The second kappa shape index (κ2) is 41.5. The van der Waals surface area contributed by atoms with E-state index in [4.69, 9.17) is 38.6 Å². The van der Waals surface area contributed by atoms with Gasteiger partial charge in [-0.1, -0.05) is 88.4 Å². The number of carbonyl (C=O) groups is 9. The van der Waals surface area contributed by atoms with E-state index in [0.29, 0.717) is 89.6 Å². The molecule has 6 aromatic rings. The van der Waals surface area contributed by atoms with E-state index in [-0.39, 0.29) is 92.3 Å². The molecule has 11 atom stereocenters. The number of amides is 5. The number of aliphatic carboxylic acids is 1. The van der Waals surface area contributed by atoms with Crippen molar-refractivity contribution in [3.8, 4) is 11.1 Å². The number of benzene rings is 3. The quantitative estimate of drug-likeness (QED) is 0.0146. The van der Waals surface area contributed by atoms with Gasteiger partial charge in [0, 0.05) is 80.3 Å². The fourth-order valence-corrected chi connectivity index (χ4v) is 21.0. The Morgan fingerprint density at radius 2 is 1.52 bits per heavy atom. The number of Topliss-reactive ketones (excluding diaryl/α,β-unsaturated/α-hetero) is 2. The number of rotatable bonds is 37. The van der Waals surface area contributed by atoms with Gasteiger partial charge in [-0.25, -0.2) is 24.4 Å². The third-order valence-electron chi connectivity index (χ3n) is 24.0. The maximum atomic E-state index is 14.4. The fraction of sp³-hybridized carbons (Fsp3) is 0.565. The first kappa shape index (κ1) is 97.6. The van der Waals surface area contributed by atoms with E-state index in [1.54, 1.807) is 75.1 Å². The highest BCUT2D eigenvalue weighted by atomic mass is 32.2. The molecule has 6 heterocycles. The highest BCUT2D eigenvalue weighted by molar-refractivity contribution is 7.97. The van der Waals surface area contributed by atoms with Crippen molar-refractivity contribution in [2.45, 2.75) is 206 Å². The van der Waals surface area contributed by atoms with E-state index < -0.39 is 171 Å². The maximum absolute atomic E-state index is 14.4. The lowest BCUT2D eigenvalue weighted by atomic mass is 9.39. The van der Waals surface area contributed by atoms with Crippen LogP contribution in [0.5, 0.6) is 0 Å². The average molecular weight is 1820 g/mol. The predicted molar refractivity (Wildman–Crippen MR) is 456 cm³/mol. The molecule has 5 amide bonds. The van der Waals surface area contributed by atoms with Gasteiger partial charge in [0.15, 0.2) is 28.5 Å². The Hall–Kier alpha value is -9.55. The number of carboxylic acids is 2. The summed E-state index contributed by atoms with van der Waals surface area (Å²) in [6, 6.07) is 18.5. The van der Waals surface area contributed by atoms with Gasteiger partial charge in [0.25, 0.3) is 26.1 Å². The number of pyridine rings is 1. The second-order valence-corrected chi connectivity index (χ2v) is 39.5. The Bertz CT molecular complexity index is 5200. The molecule has 0 spiro atoms. The summed E-state index contributed by atoms with van der Waals surface area (Å²) in [5.41, 5.74) is 4.17. The van der Waals surface area contributed by atoms with Crippen LogP contribution in [-0.2, 0) is 116 Å². The maximum Gasteiger partial charge on any atom is 0.410 e. The number of thiazole rings is 1. The van der Waals surface area contributed by atoms with Gasteiger partial charge >= 0.3 is 24.2 Å². The lowest BCUT2D eigenvalue weighted by Gasteiger charge is -2.69. The Kier molecular flexibility index (Phi) is 32.4. The summed E-state index contributed by atoms with van der Waals surface area (Å²) in [4.78, 5) is 151. The Morgan fingerprint density at radius 1 is 0.824 bits per heavy atom. The van der Waals surface area contributed by atoms with Crippen molar-refractivity contribution >= 4 is 124 Å². The number of fused-ring (bicyclic) bond motifs is 2. The lowest BCUT2D eigenvalue weighted by molar-refractivity contribution is -0.248. The monoisotopic (exact) mass is 1810 g/mol. The van der Waals surface area contributed by atoms with E-state index in [1.165, 1.54) is 23.2 Å². The van der Waals surface area contributed by atoms with Gasteiger partial charge in [-0.05, 0) is 171 Å². The van der Waals surface area contributed by atoms with E-state index in [2.05, 4.69) is 34.8 Å². The molecule has 4 aliphatic carbocycles. The SMILES string of the molecule is CCC(=O)N[C@H]1C[C@@H](COCCS(=O)(=O)O)N(CC(=O)C[C@H](C(=O)N[C@@H](C)C(=O)Cc2ccc(COC(=O)N(CCOC34CC5(C)CC(C)(CC(Cn6ncc(-c7ccc(N8CCc9cccc(C(=O)Nc%10nc%11ccccc%11s%10)c9C8)nc7C(=O)O)c6C)(C5)C3)C4)CCS(=O)(=O)O)c(CC[C@@H]3O[C@H](C(=O)O)[C@@H](O)[C@H](O)[C@H]3O)c2)C(C)C)C1=O.CSC.O=C=O. The molecule has 3 aromatic heterocycles. The molecular formula is C85H110N10O26S4. The first-order valence-electron chi connectivity index (χ1n) is 41.2. The van der Waals surface area contributed by atoms with Gasteiger partial charge in [0.2, 0.25) is 17.7 Å². The molecule has 2 saturated heterocycles. The second-order valence-electron chi connectivity index (χ2n) is 34.5. The number of nitrogens with one attached hydrogen (secondary N) is 3. The summed E-state index contributed by atoms with van der Waals surface area (Å²) in [7, 11) is -9.03. The number of carboxylic acid groups (broad SMARTS) is 2. The molecule has 13 rings (SSSR count). The van der Waals surface area contributed by atoms with Crippen molar-refractivity contribution in [3.05, 3.63) is 124 Å². The van der Waals surface area contributed by atoms with Crippen LogP contribution in [0.4, 0.5) is 15.7 Å². The van der Waals surface area contributed by atoms with Crippen LogP contribution in [0.1, 0.15) is 160 Å². The van der Waals surface area contributed by atoms with Gasteiger partial charge in [-0.2, -0.15) is 43.3 Å². The van der Waals surface area contributed by atoms with Crippen molar-refractivity contribution in [2.75, 3.05) is 80.2 Å². The molecule has 125 heavy (non-hydrogen) atoms. The van der Waals surface area contributed by atoms with Crippen molar-refractivity contribution in [1.82, 2.24) is 40.2 Å². The summed E-state index contributed by atoms with van der Waals surface area (Å²) >= 11 is 3.13. The number of likely N-dealkylation sites (tertiary alicyclic amines) is 1. The van der Waals surface area contributed by atoms with Gasteiger partial charge in [-0.15, -0.1) is 0 Å². The molecular weight excluding hydrogens is 1710 g/mol. The zero-order chi connectivity index (χ0) is 91.4. The van der Waals surface area contributed by atoms with Crippen LogP contribution < -0.4 is 20.9 Å². The molecule has 0 radical (unpaired) electrons. The topological polar surface area (TPSA) is 524 Å². The minimum atomic E-state index is -4.65. The number of para-hydroxylation sites is 1. The summed E-state index contributed by atoms with van der Waals surface area (Å²) < 4.78 is 93.4. The van der Waals surface area contributed by atoms with Crippen LogP contribution in [0, 0.1) is 35.0 Å². The number of ether oxygens (including phenoxy) is 4. The number of aliphatic hydroxyl groups excluding tert-OH is 3. The van der Waals surface area contributed by atoms with Gasteiger partial charge in [0.05, 0.1) is 78.1 Å². The molecule has 680 valence electrons. The number of thioether (sulfide) groups is 1. The van der Waals surface area contributed by atoms with Crippen molar-refractivity contribution in [2.24, 2.45) is 28.1 Å². The third kappa shape index (κ3) is 24.8. The highest BCUT2D eigenvalue weighted by Crippen LogP contribution is 2.72. The molecule has 3 aliphatic heterocycles. The number of hydrogen-bond acceptors (Lipinski definition) is 28. The zero-order valence-electron chi connectivity index (χ0n) is 71.1. The van der Waals surface area contributed by atoms with E-state index in [1.807, 2.05) is 65.4 Å². The minimum Gasteiger partial charge on any atom is -0.479 e. The summed E-state index contributed by atoms with van der Waals surface area (Å²) in [6.07, 6.45) is 0.264. The van der Waals surface area contributed by atoms with Crippen molar-refractivity contribution in [1.29, 1.82) is 0 Å². The van der Waals surface area contributed by atoms with Crippen LogP contribution in [0.15, 0.2) is 79.0 Å². The zero-order valence-corrected chi connectivity index (χ0v) is 74.4. The molecule has 3 aromatic carbocycles. The number of carbonyl (C=O) groups excluding carboxylic acids is 9. The largest absolute Gasteiger partial charge is 0.479 e. The van der Waals surface area contributed by atoms with Crippen LogP contribution in [0.25, 0.3) is 21.3 Å². The number of hydrogen-bond donors (Lipinski definition) is 10. The fourth-order valence-electron chi connectivity index (χ4n) is 19.3. The highest BCUT2D eigenvalue weighted by Gasteiger charge is 2.66. The molecule has 36 nitrogen and oxygen atoms in total. The molecule has 6 fully saturated rings. The molecule has 2 unspecified atom stereocenters. The number of aromatic carboxylic acids is 1. The van der Waals surface area contributed by atoms with Gasteiger partial charge in [-0.3, -0.25) is 47.9 Å². The van der Waals surface area contributed by atoms with E-state index in [9.17, 15) is 94.6 Å². The summed E-state index contributed by atoms with van der Waals surface area (Å²) in [5, 5.41) is 66.6. The summed E-state index contributed by atoms with van der Waals surface area (Å²) in [6.45, 7) is 11.7. The Balaban J connectivity index is 0.00000264. The number of ketones is 2. The number of nitrogens with zero attached hydrogens (tertiary/aromatic N) is 7. The average Bonchev–Trinajstić information content (AvgIpc) is 1.27. The summed E-state index contributed by atoms with van der Waals surface area (Å²) in [5.74, 6) is -8.53. The smallest absolute Gasteiger partial charge is 0.410 e. The van der Waals surface area contributed by atoms with Crippen LogP contribution in [-0.4, -0.2) is 265 Å².